The summed E-state index contributed by atoms with van der Waals surface area (Å²) < 4.78 is 10.9. The minimum Gasteiger partial charge on any atom is -0.462 e. The Hall–Kier alpha value is -3.45. The minimum absolute atomic E-state index is 0.0195. The lowest BCUT2D eigenvalue weighted by atomic mass is 9.43. The van der Waals surface area contributed by atoms with Crippen molar-refractivity contribution in [2.75, 3.05) is 18.5 Å². The fourth-order valence-corrected chi connectivity index (χ4v) is 8.69. The number of carbonyl (C=O) groups excluding carboxylic acids is 3. The van der Waals surface area contributed by atoms with E-state index in [1.807, 2.05) is 36.4 Å². The molecule has 202 valence electrons. The van der Waals surface area contributed by atoms with Crippen LogP contribution in [0.5, 0.6) is 0 Å². The molecule has 4 bridgehead atoms. The summed E-state index contributed by atoms with van der Waals surface area (Å²) in [5.41, 5.74) is 2.13. The third-order valence-electron chi connectivity index (χ3n) is 8.74. The number of carbonyl (C=O) groups is 3. The van der Waals surface area contributed by atoms with Crippen LogP contribution >= 0.6 is 11.3 Å². The van der Waals surface area contributed by atoms with E-state index in [0.717, 1.165) is 42.5 Å². The first-order valence-electron chi connectivity index (χ1n) is 13.8. The molecule has 4 aliphatic rings. The summed E-state index contributed by atoms with van der Waals surface area (Å²) in [6.45, 7) is 1.59. The fraction of sp³-hybridized carbons (Fsp3) is 0.406. The van der Waals surface area contributed by atoms with Crippen LogP contribution in [0.3, 0.4) is 0 Å². The van der Waals surface area contributed by atoms with Crippen molar-refractivity contribution < 1.29 is 23.9 Å². The molecule has 39 heavy (non-hydrogen) atoms. The fourth-order valence-electron chi connectivity index (χ4n) is 7.68. The van der Waals surface area contributed by atoms with E-state index in [1.54, 1.807) is 13.0 Å². The van der Waals surface area contributed by atoms with Crippen molar-refractivity contribution in [3.8, 4) is 10.4 Å². The molecular formula is C32H33NO5S. The van der Waals surface area contributed by atoms with Gasteiger partial charge in [0, 0.05) is 4.88 Å². The van der Waals surface area contributed by atoms with Crippen molar-refractivity contribution in [2.45, 2.75) is 50.9 Å². The highest BCUT2D eigenvalue weighted by atomic mass is 32.1. The predicted octanol–water partition coefficient (Wildman–Crippen LogP) is 6.61. The highest BCUT2D eigenvalue weighted by Crippen LogP contribution is 2.66. The van der Waals surface area contributed by atoms with E-state index in [0.29, 0.717) is 22.4 Å². The van der Waals surface area contributed by atoms with Gasteiger partial charge in [-0.1, -0.05) is 60.7 Å². The molecule has 7 heteroatoms. The maximum absolute atomic E-state index is 13.6. The number of hydrogen-bond acceptors (Lipinski definition) is 6. The number of thiophene rings is 1. The van der Waals surface area contributed by atoms with Gasteiger partial charge in [-0.3, -0.25) is 9.59 Å². The number of esters is 2. The molecule has 6 nitrogen and oxygen atoms in total. The van der Waals surface area contributed by atoms with Gasteiger partial charge in [-0.2, -0.15) is 0 Å². The number of nitrogens with one attached hydrogen (secondary N) is 1. The van der Waals surface area contributed by atoms with E-state index < -0.39 is 17.3 Å². The molecule has 0 radical (unpaired) electrons. The Kier molecular flexibility index (Phi) is 6.79. The zero-order valence-corrected chi connectivity index (χ0v) is 22.9. The summed E-state index contributed by atoms with van der Waals surface area (Å²) in [4.78, 5) is 40.3. The second-order valence-corrected chi connectivity index (χ2v) is 12.5. The summed E-state index contributed by atoms with van der Waals surface area (Å²) in [6.07, 6.45) is 5.91. The molecule has 4 saturated carbocycles. The Morgan fingerprint density at radius 2 is 1.59 bits per heavy atom. The number of ether oxygens (including phenoxy) is 2. The van der Waals surface area contributed by atoms with Gasteiger partial charge in [0.1, 0.15) is 4.88 Å². The smallest absolute Gasteiger partial charge is 0.350 e. The van der Waals surface area contributed by atoms with Crippen LogP contribution < -0.4 is 5.32 Å². The van der Waals surface area contributed by atoms with Gasteiger partial charge in [0.05, 0.1) is 17.7 Å². The van der Waals surface area contributed by atoms with Crippen molar-refractivity contribution >= 4 is 34.9 Å². The number of benzene rings is 2. The zero-order valence-electron chi connectivity index (χ0n) is 22.1. The molecular weight excluding hydrogens is 510 g/mol. The number of hydrogen-bond donors (Lipinski definition) is 1. The lowest BCUT2D eigenvalue weighted by Crippen LogP contribution is -2.57. The second-order valence-electron chi connectivity index (χ2n) is 11.5. The van der Waals surface area contributed by atoms with Gasteiger partial charge in [-0.15, -0.1) is 11.3 Å². The maximum Gasteiger partial charge on any atom is 0.350 e. The quantitative estimate of drug-likeness (QED) is 0.323. The average Bonchev–Trinajstić information content (AvgIpc) is 3.36. The van der Waals surface area contributed by atoms with E-state index in [9.17, 15) is 14.4 Å². The molecule has 0 unspecified atom stereocenters. The molecule has 1 amide bonds. The zero-order chi connectivity index (χ0) is 27.0. The number of rotatable bonds is 8. The van der Waals surface area contributed by atoms with Crippen LogP contribution in [0.25, 0.3) is 10.4 Å². The Balaban J connectivity index is 1.16. The molecule has 7 rings (SSSR count). The number of amides is 1. The Morgan fingerprint density at radius 3 is 2.26 bits per heavy atom. The highest BCUT2D eigenvalue weighted by molar-refractivity contribution is 7.18. The van der Waals surface area contributed by atoms with E-state index in [1.165, 1.54) is 23.3 Å². The SMILES string of the molecule is CCOC(=O)c1sc(-c2ccccc2)cc1NC(=O)COC(=O)C12C[C@@H]3C[C@@H](C1)CC(c1ccccc1)(C3)C2. The van der Waals surface area contributed by atoms with Gasteiger partial charge in [-0.05, 0) is 79.9 Å². The van der Waals surface area contributed by atoms with Crippen molar-refractivity contribution in [3.05, 3.63) is 77.2 Å². The van der Waals surface area contributed by atoms with E-state index in [2.05, 4.69) is 29.6 Å². The molecule has 2 aromatic carbocycles. The third-order valence-corrected chi connectivity index (χ3v) is 9.90. The highest BCUT2D eigenvalue weighted by Gasteiger charge is 2.61. The molecule has 0 saturated heterocycles. The van der Waals surface area contributed by atoms with Crippen LogP contribution in [0.2, 0.25) is 0 Å². The van der Waals surface area contributed by atoms with Crippen molar-refractivity contribution in [1.29, 1.82) is 0 Å². The first kappa shape index (κ1) is 25.8. The third kappa shape index (κ3) is 4.89. The topological polar surface area (TPSA) is 81.7 Å². The van der Waals surface area contributed by atoms with E-state index in [-0.39, 0.29) is 24.6 Å². The minimum atomic E-state index is -0.529. The number of anilines is 1. The van der Waals surface area contributed by atoms with Crippen LogP contribution in [0.15, 0.2) is 66.7 Å². The van der Waals surface area contributed by atoms with Gasteiger partial charge in [0.15, 0.2) is 6.61 Å². The normalized spacial score (nSPS) is 26.7. The first-order valence-corrected chi connectivity index (χ1v) is 14.6. The molecule has 1 aromatic heterocycles. The Labute approximate surface area is 232 Å². The van der Waals surface area contributed by atoms with Crippen LogP contribution in [-0.4, -0.2) is 31.1 Å². The summed E-state index contributed by atoms with van der Waals surface area (Å²) in [5.74, 6) is -0.178. The predicted molar refractivity (Wildman–Crippen MR) is 151 cm³/mol. The van der Waals surface area contributed by atoms with Crippen LogP contribution in [0.4, 0.5) is 5.69 Å². The maximum atomic E-state index is 13.6. The average molecular weight is 544 g/mol. The standard InChI is InChI=1S/C32H33NO5S/c1-2-37-29(35)28-25(14-26(39-28)23-9-5-3-6-10-23)33-27(34)19-38-30(36)32-17-21-13-22(18-32)16-31(15-21,20-32)24-11-7-4-8-12-24/h3-12,14,21-22H,2,13,15-20H2,1H3,(H,33,34)/t21-,22-,31?,32?/m1/s1. The van der Waals surface area contributed by atoms with Gasteiger partial charge >= 0.3 is 11.9 Å². The molecule has 1 heterocycles. The van der Waals surface area contributed by atoms with Gasteiger partial charge in [0.2, 0.25) is 0 Å². The Bertz CT molecular complexity index is 1370. The van der Waals surface area contributed by atoms with E-state index >= 15 is 0 Å². The second kappa shape index (κ2) is 10.3. The van der Waals surface area contributed by atoms with E-state index in [4.69, 9.17) is 9.47 Å². The van der Waals surface area contributed by atoms with Crippen molar-refractivity contribution in [2.24, 2.45) is 17.3 Å². The van der Waals surface area contributed by atoms with Crippen LogP contribution in [0.1, 0.15) is 60.7 Å². The van der Waals surface area contributed by atoms with Crippen molar-refractivity contribution in [3.63, 3.8) is 0 Å². The lowest BCUT2D eigenvalue weighted by molar-refractivity contribution is -0.175. The molecule has 1 N–H and O–H groups in total. The molecule has 0 spiro atoms. The molecule has 2 atom stereocenters. The molecule has 4 fully saturated rings. The first-order chi connectivity index (χ1) is 18.9. The molecule has 4 aliphatic carbocycles. The monoisotopic (exact) mass is 543 g/mol. The molecule has 3 aromatic rings. The Morgan fingerprint density at radius 1 is 0.923 bits per heavy atom. The largest absolute Gasteiger partial charge is 0.462 e. The molecule has 0 aliphatic heterocycles. The summed E-state index contributed by atoms with van der Waals surface area (Å²) >= 11 is 1.27. The summed E-state index contributed by atoms with van der Waals surface area (Å²) in [6, 6.07) is 22.0. The lowest BCUT2D eigenvalue weighted by Gasteiger charge is -2.61. The van der Waals surface area contributed by atoms with Gasteiger partial charge in [0.25, 0.3) is 5.91 Å². The van der Waals surface area contributed by atoms with Gasteiger partial charge < -0.3 is 14.8 Å². The van der Waals surface area contributed by atoms with Crippen LogP contribution in [-0.2, 0) is 24.5 Å². The summed E-state index contributed by atoms with van der Waals surface area (Å²) in [5, 5.41) is 2.80. The van der Waals surface area contributed by atoms with Gasteiger partial charge in [-0.25, -0.2) is 4.79 Å². The van der Waals surface area contributed by atoms with Crippen LogP contribution in [0, 0.1) is 17.3 Å². The van der Waals surface area contributed by atoms with Crippen molar-refractivity contribution in [1.82, 2.24) is 0 Å². The summed E-state index contributed by atoms with van der Waals surface area (Å²) in [7, 11) is 0.